The first-order valence-corrected chi connectivity index (χ1v) is 7.13. The molecule has 2 N–H and O–H groups in total. The van der Waals surface area contributed by atoms with E-state index in [9.17, 15) is 0 Å². The van der Waals surface area contributed by atoms with Gasteiger partial charge in [0.2, 0.25) is 0 Å². The van der Waals surface area contributed by atoms with Crippen molar-refractivity contribution in [3.8, 4) is 0 Å². The molecule has 2 nitrogen and oxygen atoms in total. The van der Waals surface area contributed by atoms with Gasteiger partial charge >= 0.3 is 0 Å². The van der Waals surface area contributed by atoms with Gasteiger partial charge < -0.3 is 10.5 Å². The topological polar surface area (TPSA) is 35.2 Å². The van der Waals surface area contributed by atoms with E-state index >= 15 is 0 Å². The predicted octanol–water partition coefficient (Wildman–Crippen LogP) is 3.49. The van der Waals surface area contributed by atoms with Crippen LogP contribution in [-0.2, 0) is 4.74 Å². The Morgan fingerprint density at radius 3 is 2.50 bits per heavy atom. The molecular formula is C14H29NO. The van der Waals surface area contributed by atoms with Gasteiger partial charge in [-0.05, 0) is 18.8 Å². The van der Waals surface area contributed by atoms with Crippen LogP contribution in [0.5, 0.6) is 0 Å². The molecule has 1 rings (SSSR count). The lowest BCUT2D eigenvalue weighted by Crippen LogP contribution is -2.37. The summed E-state index contributed by atoms with van der Waals surface area (Å²) in [5.41, 5.74) is 6.19. The molecule has 0 aromatic rings. The second-order valence-electron chi connectivity index (χ2n) is 5.32. The summed E-state index contributed by atoms with van der Waals surface area (Å²) in [6, 6.07) is 0.267. The Morgan fingerprint density at radius 2 is 1.88 bits per heavy atom. The largest absolute Gasteiger partial charge is 0.376 e. The van der Waals surface area contributed by atoms with Crippen LogP contribution in [0.3, 0.4) is 0 Å². The first-order valence-electron chi connectivity index (χ1n) is 7.13. The highest BCUT2D eigenvalue weighted by atomic mass is 16.5. The van der Waals surface area contributed by atoms with E-state index in [2.05, 4.69) is 13.8 Å². The van der Waals surface area contributed by atoms with E-state index in [1.807, 2.05) is 0 Å². The minimum Gasteiger partial charge on any atom is -0.376 e. The van der Waals surface area contributed by atoms with Gasteiger partial charge in [-0.25, -0.2) is 0 Å². The van der Waals surface area contributed by atoms with Gasteiger partial charge in [-0.1, -0.05) is 52.4 Å². The van der Waals surface area contributed by atoms with E-state index in [0.717, 1.165) is 13.0 Å². The molecule has 0 radical (unpaired) electrons. The van der Waals surface area contributed by atoms with Crippen LogP contribution >= 0.6 is 0 Å². The summed E-state index contributed by atoms with van der Waals surface area (Å²) in [7, 11) is 0. The highest BCUT2D eigenvalue weighted by molar-refractivity contribution is 4.82. The van der Waals surface area contributed by atoms with Crippen molar-refractivity contribution in [2.45, 2.75) is 77.4 Å². The van der Waals surface area contributed by atoms with Gasteiger partial charge in [0, 0.05) is 12.6 Å². The molecule has 0 amide bonds. The van der Waals surface area contributed by atoms with Crippen molar-refractivity contribution in [2.75, 3.05) is 6.61 Å². The lowest BCUT2D eigenvalue weighted by molar-refractivity contribution is 0.0694. The first-order chi connectivity index (χ1) is 7.75. The lowest BCUT2D eigenvalue weighted by Gasteiger charge is -2.22. The van der Waals surface area contributed by atoms with Crippen LogP contribution in [0.4, 0.5) is 0 Å². The Balaban J connectivity index is 1.99. The molecule has 0 aromatic carbocycles. The zero-order valence-electron chi connectivity index (χ0n) is 11.1. The normalized spacial score (nSPS) is 27.2. The maximum Gasteiger partial charge on any atom is 0.0752 e. The lowest BCUT2D eigenvalue weighted by atomic mass is 9.94. The first kappa shape index (κ1) is 14.0. The van der Waals surface area contributed by atoms with Crippen molar-refractivity contribution >= 4 is 0 Å². The van der Waals surface area contributed by atoms with Crippen molar-refractivity contribution < 1.29 is 4.74 Å². The average Bonchev–Trinajstić information content (AvgIpc) is 2.69. The van der Waals surface area contributed by atoms with Crippen LogP contribution in [0.25, 0.3) is 0 Å². The van der Waals surface area contributed by atoms with Crippen molar-refractivity contribution in [1.29, 1.82) is 0 Å². The Kier molecular flexibility index (Phi) is 7.06. The Morgan fingerprint density at radius 1 is 1.19 bits per heavy atom. The minimum absolute atomic E-state index is 0.267. The van der Waals surface area contributed by atoms with Gasteiger partial charge in [-0.3, -0.25) is 0 Å². The van der Waals surface area contributed by atoms with Gasteiger partial charge in [0.15, 0.2) is 0 Å². The summed E-state index contributed by atoms with van der Waals surface area (Å²) in [6.45, 7) is 5.43. The molecule has 1 aliphatic heterocycles. The molecule has 0 bridgehead atoms. The summed E-state index contributed by atoms with van der Waals surface area (Å²) in [5, 5.41) is 0. The van der Waals surface area contributed by atoms with Crippen LogP contribution in [0.1, 0.15) is 65.2 Å². The monoisotopic (exact) mass is 227 g/mol. The molecule has 96 valence electrons. The van der Waals surface area contributed by atoms with Crippen LogP contribution in [-0.4, -0.2) is 18.8 Å². The number of hydrogen-bond acceptors (Lipinski definition) is 2. The SMILES string of the molecule is CCCCCCCCC(N)C1OCCC1C. The van der Waals surface area contributed by atoms with Gasteiger partial charge in [0.25, 0.3) is 0 Å². The molecule has 3 atom stereocenters. The average molecular weight is 227 g/mol. The van der Waals surface area contributed by atoms with Gasteiger partial charge in [-0.2, -0.15) is 0 Å². The molecule has 0 spiro atoms. The third-order valence-electron chi connectivity index (χ3n) is 3.76. The summed E-state index contributed by atoms with van der Waals surface area (Å²) < 4.78 is 5.70. The van der Waals surface area contributed by atoms with Gasteiger partial charge in [-0.15, -0.1) is 0 Å². The highest BCUT2D eigenvalue weighted by Gasteiger charge is 2.29. The van der Waals surface area contributed by atoms with Crippen molar-refractivity contribution in [1.82, 2.24) is 0 Å². The summed E-state index contributed by atoms with van der Waals surface area (Å²) >= 11 is 0. The standard InChI is InChI=1S/C14H29NO/c1-3-4-5-6-7-8-9-13(15)14-12(2)10-11-16-14/h12-14H,3-11,15H2,1-2H3. The van der Waals surface area contributed by atoms with Gasteiger partial charge in [0.1, 0.15) is 0 Å². The van der Waals surface area contributed by atoms with Crippen molar-refractivity contribution in [2.24, 2.45) is 11.7 Å². The molecule has 1 heterocycles. The molecular weight excluding hydrogens is 198 g/mol. The van der Waals surface area contributed by atoms with E-state index in [1.54, 1.807) is 0 Å². The predicted molar refractivity (Wildman–Crippen MR) is 69.5 cm³/mol. The summed E-state index contributed by atoms with van der Waals surface area (Å²) in [6.07, 6.45) is 10.8. The molecule has 2 heteroatoms. The second kappa shape index (κ2) is 8.08. The van der Waals surface area contributed by atoms with Crippen LogP contribution in [0.2, 0.25) is 0 Å². The van der Waals surface area contributed by atoms with E-state index in [1.165, 1.54) is 44.9 Å². The molecule has 0 aromatic heterocycles. The smallest absolute Gasteiger partial charge is 0.0752 e. The molecule has 16 heavy (non-hydrogen) atoms. The van der Waals surface area contributed by atoms with E-state index in [-0.39, 0.29) is 6.04 Å². The quantitative estimate of drug-likeness (QED) is 0.644. The number of ether oxygens (including phenoxy) is 1. The van der Waals surface area contributed by atoms with Crippen LogP contribution in [0, 0.1) is 5.92 Å². The molecule has 0 aliphatic carbocycles. The Bertz CT molecular complexity index is 172. The zero-order chi connectivity index (χ0) is 11.8. The van der Waals surface area contributed by atoms with Crippen molar-refractivity contribution in [3.63, 3.8) is 0 Å². The summed E-state index contributed by atoms with van der Waals surface area (Å²) in [5.74, 6) is 0.662. The third kappa shape index (κ3) is 4.84. The van der Waals surface area contributed by atoms with Crippen LogP contribution < -0.4 is 5.73 Å². The minimum atomic E-state index is 0.267. The second-order valence-corrected chi connectivity index (χ2v) is 5.32. The van der Waals surface area contributed by atoms with Gasteiger partial charge in [0.05, 0.1) is 6.10 Å². The number of hydrogen-bond donors (Lipinski definition) is 1. The Labute approximate surface area is 101 Å². The fourth-order valence-corrected chi connectivity index (χ4v) is 2.59. The molecule has 1 aliphatic rings. The third-order valence-corrected chi connectivity index (χ3v) is 3.76. The number of unbranched alkanes of at least 4 members (excludes halogenated alkanes) is 5. The Hall–Kier alpha value is -0.0800. The molecule has 1 saturated heterocycles. The van der Waals surface area contributed by atoms with E-state index in [4.69, 9.17) is 10.5 Å². The zero-order valence-corrected chi connectivity index (χ0v) is 11.1. The number of rotatable bonds is 8. The number of nitrogens with two attached hydrogens (primary N) is 1. The highest BCUT2D eigenvalue weighted by Crippen LogP contribution is 2.24. The van der Waals surface area contributed by atoms with E-state index < -0.39 is 0 Å². The molecule has 3 unspecified atom stereocenters. The van der Waals surface area contributed by atoms with Crippen LogP contribution in [0.15, 0.2) is 0 Å². The maximum absolute atomic E-state index is 6.19. The fourth-order valence-electron chi connectivity index (χ4n) is 2.59. The molecule has 1 fully saturated rings. The van der Waals surface area contributed by atoms with E-state index in [0.29, 0.717) is 12.0 Å². The summed E-state index contributed by atoms with van der Waals surface area (Å²) in [4.78, 5) is 0. The van der Waals surface area contributed by atoms with Crippen molar-refractivity contribution in [3.05, 3.63) is 0 Å². The fraction of sp³-hybridized carbons (Fsp3) is 1.00. The maximum atomic E-state index is 6.19. The molecule has 0 saturated carbocycles.